The number of carbonyl (C=O) groups excluding carboxylic acids is 1. The average Bonchev–Trinajstić information content (AvgIpc) is 2.79. The molecule has 1 atom stereocenters. The summed E-state index contributed by atoms with van der Waals surface area (Å²) in [6.45, 7) is 5.61. The number of amides is 1. The summed E-state index contributed by atoms with van der Waals surface area (Å²) in [5.74, 6) is -0.0433. The topological polar surface area (TPSA) is 66.5 Å². The van der Waals surface area contributed by atoms with Crippen LogP contribution in [-0.2, 0) is 14.8 Å². The molecule has 0 spiro atoms. The lowest BCUT2D eigenvalue weighted by molar-refractivity contribution is -0.120. The third kappa shape index (κ3) is 6.36. The van der Waals surface area contributed by atoms with Crippen LogP contribution in [0.3, 0.4) is 0 Å². The zero-order chi connectivity index (χ0) is 24.0. The van der Waals surface area contributed by atoms with Gasteiger partial charge in [-0.1, -0.05) is 80.0 Å². The number of aryl methyl sites for hydroxylation is 1. The highest BCUT2D eigenvalue weighted by atomic mass is 35.5. The molecule has 0 aliphatic heterocycles. The Morgan fingerprint density at radius 3 is 2.18 bits per heavy atom. The molecule has 1 unspecified atom stereocenters. The van der Waals surface area contributed by atoms with Gasteiger partial charge in [-0.3, -0.25) is 9.10 Å². The van der Waals surface area contributed by atoms with Gasteiger partial charge >= 0.3 is 0 Å². The number of nitrogens with one attached hydrogen (secondary N) is 1. The van der Waals surface area contributed by atoms with Crippen molar-refractivity contribution in [2.45, 2.75) is 38.1 Å². The van der Waals surface area contributed by atoms with Gasteiger partial charge in [0.25, 0.3) is 10.0 Å². The summed E-state index contributed by atoms with van der Waals surface area (Å²) in [6, 6.07) is 22.6. The fourth-order valence-electron chi connectivity index (χ4n) is 3.68. The standard InChI is InChI=1S/C26H29ClN2O3S/c1-19(2)16-24(21-10-6-4-7-11-21)28-26(30)18-29(25-17-22(27)15-14-20(25)3)33(31,32)23-12-8-5-9-13-23/h4-15,17,19,24H,16,18H2,1-3H3,(H,28,30). The molecule has 1 amide bonds. The van der Waals surface area contributed by atoms with Crippen LogP contribution >= 0.6 is 11.6 Å². The van der Waals surface area contributed by atoms with Crippen molar-refractivity contribution in [3.63, 3.8) is 0 Å². The van der Waals surface area contributed by atoms with E-state index < -0.39 is 10.0 Å². The van der Waals surface area contributed by atoms with Crippen molar-refractivity contribution in [1.29, 1.82) is 0 Å². The van der Waals surface area contributed by atoms with Crippen molar-refractivity contribution in [3.05, 3.63) is 95.0 Å². The van der Waals surface area contributed by atoms with Gasteiger partial charge in [-0.15, -0.1) is 0 Å². The molecular formula is C26H29ClN2O3S. The van der Waals surface area contributed by atoms with Crippen LogP contribution in [0.15, 0.2) is 83.8 Å². The quantitative estimate of drug-likeness (QED) is 0.420. The van der Waals surface area contributed by atoms with E-state index in [1.165, 1.54) is 12.1 Å². The first-order valence-corrected chi connectivity index (χ1v) is 12.7. The summed E-state index contributed by atoms with van der Waals surface area (Å²) >= 11 is 6.19. The van der Waals surface area contributed by atoms with Gasteiger partial charge in [-0.25, -0.2) is 8.42 Å². The number of hydrogen-bond donors (Lipinski definition) is 1. The Kier molecular flexibility index (Phi) is 8.16. The van der Waals surface area contributed by atoms with E-state index in [1.54, 1.807) is 43.3 Å². The van der Waals surface area contributed by atoms with Crippen molar-refractivity contribution in [3.8, 4) is 0 Å². The van der Waals surface area contributed by atoms with E-state index in [9.17, 15) is 13.2 Å². The number of benzene rings is 3. The van der Waals surface area contributed by atoms with Crippen LogP contribution in [0, 0.1) is 12.8 Å². The Morgan fingerprint density at radius 2 is 1.58 bits per heavy atom. The first kappa shape index (κ1) is 24.8. The molecule has 0 aliphatic carbocycles. The Hall–Kier alpha value is -2.83. The minimum atomic E-state index is -4.00. The van der Waals surface area contributed by atoms with Gasteiger partial charge in [0.05, 0.1) is 16.6 Å². The Balaban J connectivity index is 1.96. The van der Waals surface area contributed by atoms with Gasteiger partial charge in [0.2, 0.25) is 5.91 Å². The lowest BCUT2D eigenvalue weighted by Gasteiger charge is -2.27. The smallest absolute Gasteiger partial charge is 0.264 e. The number of hydrogen-bond acceptors (Lipinski definition) is 3. The zero-order valence-corrected chi connectivity index (χ0v) is 20.6. The van der Waals surface area contributed by atoms with E-state index >= 15 is 0 Å². The lowest BCUT2D eigenvalue weighted by Crippen LogP contribution is -2.42. The highest BCUT2D eigenvalue weighted by Gasteiger charge is 2.29. The first-order chi connectivity index (χ1) is 15.7. The van der Waals surface area contributed by atoms with Crippen LogP contribution in [-0.4, -0.2) is 20.9 Å². The van der Waals surface area contributed by atoms with E-state index in [0.717, 1.165) is 16.3 Å². The van der Waals surface area contributed by atoms with Crippen molar-refractivity contribution in [1.82, 2.24) is 5.32 Å². The second-order valence-corrected chi connectivity index (χ2v) is 10.7. The highest BCUT2D eigenvalue weighted by molar-refractivity contribution is 7.92. The molecule has 5 nitrogen and oxygen atoms in total. The van der Waals surface area contributed by atoms with Gasteiger partial charge in [0.15, 0.2) is 0 Å². The fourth-order valence-corrected chi connectivity index (χ4v) is 5.34. The molecule has 0 saturated carbocycles. The predicted octanol–water partition coefficient (Wildman–Crippen LogP) is 5.75. The maximum absolute atomic E-state index is 13.6. The molecule has 0 aromatic heterocycles. The summed E-state index contributed by atoms with van der Waals surface area (Å²) in [5.41, 5.74) is 2.06. The Labute approximate surface area is 201 Å². The zero-order valence-electron chi connectivity index (χ0n) is 19.0. The average molecular weight is 485 g/mol. The molecule has 3 rings (SSSR count). The van der Waals surface area contributed by atoms with Gasteiger partial charge in [0.1, 0.15) is 6.54 Å². The van der Waals surface area contributed by atoms with Crippen LogP contribution < -0.4 is 9.62 Å². The molecule has 0 heterocycles. The van der Waals surface area contributed by atoms with Crippen LogP contribution in [0.5, 0.6) is 0 Å². The normalized spacial score (nSPS) is 12.4. The molecule has 0 radical (unpaired) electrons. The summed E-state index contributed by atoms with van der Waals surface area (Å²) in [5, 5.41) is 3.44. The molecule has 174 valence electrons. The van der Waals surface area contributed by atoms with E-state index in [2.05, 4.69) is 19.2 Å². The monoisotopic (exact) mass is 484 g/mol. The van der Waals surface area contributed by atoms with Gasteiger partial charge in [-0.05, 0) is 54.7 Å². The Bertz CT molecular complexity index is 1180. The SMILES string of the molecule is Cc1ccc(Cl)cc1N(CC(=O)NC(CC(C)C)c1ccccc1)S(=O)(=O)c1ccccc1. The maximum Gasteiger partial charge on any atom is 0.264 e. The van der Waals surface area contributed by atoms with Crippen LogP contribution in [0.1, 0.15) is 37.4 Å². The second kappa shape index (κ2) is 10.9. The third-order valence-corrected chi connectivity index (χ3v) is 7.31. The van der Waals surface area contributed by atoms with Crippen LogP contribution in [0.4, 0.5) is 5.69 Å². The number of anilines is 1. The highest BCUT2D eigenvalue weighted by Crippen LogP contribution is 2.30. The van der Waals surface area contributed by atoms with E-state index in [0.29, 0.717) is 22.2 Å². The van der Waals surface area contributed by atoms with Crippen molar-refractivity contribution in [2.75, 3.05) is 10.8 Å². The molecule has 0 fully saturated rings. The molecule has 7 heteroatoms. The second-order valence-electron chi connectivity index (χ2n) is 8.42. The van der Waals surface area contributed by atoms with E-state index in [4.69, 9.17) is 11.6 Å². The third-order valence-electron chi connectivity index (χ3n) is 5.30. The summed E-state index contributed by atoms with van der Waals surface area (Å²) in [7, 11) is -4.00. The number of sulfonamides is 1. The van der Waals surface area contributed by atoms with Crippen LogP contribution in [0.25, 0.3) is 0 Å². The molecule has 33 heavy (non-hydrogen) atoms. The predicted molar refractivity (Wildman–Crippen MR) is 134 cm³/mol. The first-order valence-electron chi connectivity index (χ1n) is 10.9. The minimum Gasteiger partial charge on any atom is -0.348 e. The molecule has 0 bridgehead atoms. The summed E-state index contributed by atoms with van der Waals surface area (Å²) in [4.78, 5) is 13.3. The summed E-state index contributed by atoms with van der Waals surface area (Å²) < 4.78 is 28.3. The largest absolute Gasteiger partial charge is 0.348 e. The fraction of sp³-hybridized carbons (Fsp3) is 0.269. The van der Waals surface area contributed by atoms with Crippen LogP contribution in [0.2, 0.25) is 5.02 Å². The maximum atomic E-state index is 13.6. The lowest BCUT2D eigenvalue weighted by atomic mass is 9.97. The molecule has 0 saturated heterocycles. The van der Waals surface area contributed by atoms with Crippen molar-refractivity contribution in [2.24, 2.45) is 5.92 Å². The van der Waals surface area contributed by atoms with E-state index in [-0.39, 0.29) is 23.4 Å². The molecule has 3 aromatic rings. The van der Waals surface area contributed by atoms with Gasteiger partial charge < -0.3 is 5.32 Å². The minimum absolute atomic E-state index is 0.110. The van der Waals surface area contributed by atoms with E-state index in [1.807, 2.05) is 30.3 Å². The number of halogens is 1. The molecular weight excluding hydrogens is 456 g/mol. The molecule has 0 aliphatic rings. The Morgan fingerprint density at radius 1 is 0.970 bits per heavy atom. The van der Waals surface area contributed by atoms with Crippen molar-refractivity contribution >= 4 is 33.2 Å². The molecule has 1 N–H and O–H groups in total. The summed E-state index contributed by atoms with van der Waals surface area (Å²) in [6.07, 6.45) is 0.734. The van der Waals surface area contributed by atoms with Crippen molar-refractivity contribution < 1.29 is 13.2 Å². The van der Waals surface area contributed by atoms with Gasteiger partial charge in [0, 0.05) is 5.02 Å². The van der Waals surface area contributed by atoms with Gasteiger partial charge in [-0.2, -0.15) is 0 Å². The number of carbonyl (C=O) groups is 1. The molecule has 3 aromatic carbocycles. The number of rotatable bonds is 9. The number of nitrogens with zero attached hydrogens (tertiary/aromatic N) is 1.